The summed E-state index contributed by atoms with van der Waals surface area (Å²) in [5, 5.41) is 3.46. The maximum Gasteiger partial charge on any atom is 0.406 e. The lowest BCUT2D eigenvalue weighted by Crippen LogP contribution is -2.44. The number of nitrogens with zero attached hydrogens (tertiary/aromatic N) is 4. The SMILES string of the molecule is CCCc1cc(C)[nH]c(=O)c1CNC(=O)c1cc(-c2ccc(N3CCN(C)CC3)nc2)c2ccn(CC(F)(F)F)c2c1C. The van der Waals surface area contributed by atoms with Gasteiger partial charge >= 0.3 is 6.18 Å². The van der Waals surface area contributed by atoms with E-state index in [2.05, 4.69) is 32.1 Å². The van der Waals surface area contributed by atoms with Crippen molar-refractivity contribution in [3.05, 3.63) is 81.0 Å². The first kappa shape index (κ1) is 30.3. The molecule has 1 saturated heterocycles. The second-order valence-corrected chi connectivity index (χ2v) is 11.3. The molecular weight excluding hydrogens is 557 g/mol. The predicted octanol–water partition coefficient (Wildman–Crippen LogP) is 5.21. The second kappa shape index (κ2) is 12.2. The number of likely N-dealkylation sites (N-methyl/N-ethyl adjacent to an activating group) is 1. The highest BCUT2D eigenvalue weighted by molar-refractivity contribution is 6.06. The van der Waals surface area contributed by atoms with Gasteiger partial charge in [0, 0.05) is 72.9 Å². The third kappa shape index (κ3) is 6.61. The molecule has 11 heteroatoms. The summed E-state index contributed by atoms with van der Waals surface area (Å²) in [7, 11) is 2.08. The number of H-pyrrole nitrogens is 1. The number of rotatable bonds is 8. The fourth-order valence-corrected chi connectivity index (χ4v) is 5.87. The molecule has 1 fully saturated rings. The lowest BCUT2D eigenvalue weighted by atomic mass is 9.95. The maximum absolute atomic E-state index is 13.6. The minimum Gasteiger partial charge on any atom is -0.354 e. The fourth-order valence-electron chi connectivity index (χ4n) is 5.87. The Morgan fingerprint density at radius 3 is 2.49 bits per heavy atom. The van der Waals surface area contributed by atoms with Crippen molar-refractivity contribution >= 4 is 22.6 Å². The number of carbonyl (C=O) groups excluding carboxylic acids is 1. The molecule has 5 rings (SSSR count). The number of hydrogen-bond donors (Lipinski definition) is 2. The van der Waals surface area contributed by atoms with Gasteiger partial charge in [-0.2, -0.15) is 13.2 Å². The number of fused-ring (bicyclic) bond motifs is 1. The number of alkyl halides is 3. The van der Waals surface area contributed by atoms with Gasteiger partial charge in [-0.05, 0) is 74.3 Å². The Kier molecular flexibility index (Phi) is 8.64. The van der Waals surface area contributed by atoms with Crippen LogP contribution in [0.3, 0.4) is 0 Å². The van der Waals surface area contributed by atoms with Gasteiger partial charge in [0.25, 0.3) is 11.5 Å². The van der Waals surface area contributed by atoms with Gasteiger partial charge in [0.15, 0.2) is 0 Å². The molecule has 0 spiro atoms. The third-order valence-electron chi connectivity index (χ3n) is 8.09. The zero-order valence-electron chi connectivity index (χ0n) is 24.9. The van der Waals surface area contributed by atoms with Crippen molar-refractivity contribution in [1.82, 2.24) is 24.8 Å². The number of amides is 1. The molecule has 2 N–H and O–H groups in total. The van der Waals surface area contributed by atoms with Crippen LogP contribution in [-0.4, -0.2) is 64.7 Å². The first-order valence-corrected chi connectivity index (χ1v) is 14.5. The molecule has 3 aromatic heterocycles. The van der Waals surface area contributed by atoms with E-state index in [9.17, 15) is 22.8 Å². The molecule has 228 valence electrons. The van der Waals surface area contributed by atoms with Gasteiger partial charge in [0.1, 0.15) is 12.4 Å². The average Bonchev–Trinajstić information content (AvgIpc) is 3.36. The molecule has 0 bridgehead atoms. The topological polar surface area (TPSA) is 86.3 Å². The van der Waals surface area contributed by atoms with E-state index in [1.54, 1.807) is 25.3 Å². The Hall–Kier alpha value is -4.12. The summed E-state index contributed by atoms with van der Waals surface area (Å²) in [6.45, 7) is 7.88. The number of anilines is 1. The zero-order chi connectivity index (χ0) is 30.9. The molecule has 0 aliphatic carbocycles. The number of piperazine rings is 1. The van der Waals surface area contributed by atoms with Crippen LogP contribution in [0.1, 0.15) is 46.1 Å². The van der Waals surface area contributed by atoms with Gasteiger partial charge in [-0.15, -0.1) is 0 Å². The Balaban J connectivity index is 1.53. The number of carbonyl (C=O) groups is 1. The Bertz CT molecular complexity index is 1680. The maximum atomic E-state index is 13.6. The van der Waals surface area contributed by atoms with Crippen molar-refractivity contribution in [2.75, 3.05) is 38.1 Å². The normalized spacial score (nSPS) is 14.4. The van der Waals surface area contributed by atoms with E-state index in [0.29, 0.717) is 39.6 Å². The minimum absolute atomic E-state index is 0.00142. The van der Waals surface area contributed by atoms with Crippen LogP contribution in [0.2, 0.25) is 0 Å². The van der Waals surface area contributed by atoms with Crippen molar-refractivity contribution in [3.63, 3.8) is 0 Å². The number of aromatic nitrogens is 3. The van der Waals surface area contributed by atoms with Crippen LogP contribution in [0.25, 0.3) is 22.0 Å². The summed E-state index contributed by atoms with van der Waals surface area (Å²) in [5.74, 6) is 0.365. The molecule has 0 atom stereocenters. The van der Waals surface area contributed by atoms with Gasteiger partial charge in [-0.3, -0.25) is 9.59 Å². The highest BCUT2D eigenvalue weighted by Gasteiger charge is 2.30. The number of aromatic amines is 1. The Morgan fingerprint density at radius 2 is 1.84 bits per heavy atom. The standard InChI is InChI=1S/C32H37F3N6O2/c1-5-6-22-15-20(2)38-31(43)27(22)18-37-30(42)25-16-26(24-9-10-41(19-32(33,34)35)29(24)21(25)3)23-7-8-28(36-17-23)40-13-11-39(4)12-14-40/h7-10,15-17H,5-6,11-14,18-19H2,1-4H3,(H,37,42)(H,38,43). The molecule has 43 heavy (non-hydrogen) atoms. The van der Waals surface area contributed by atoms with Crippen LogP contribution < -0.4 is 15.8 Å². The van der Waals surface area contributed by atoms with Crippen LogP contribution in [-0.2, 0) is 19.5 Å². The number of halogens is 3. The summed E-state index contributed by atoms with van der Waals surface area (Å²) in [6, 6.07) is 9.09. The molecule has 1 aromatic carbocycles. The molecule has 0 saturated carbocycles. The van der Waals surface area contributed by atoms with Gasteiger partial charge < -0.3 is 24.7 Å². The van der Waals surface area contributed by atoms with Crippen LogP contribution in [0.5, 0.6) is 0 Å². The lowest BCUT2D eigenvalue weighted by molar-refractivity contribution is -0.139. The van der Waals surface area contributed by atoms with E-state index in [4.69, 9.17) is 0 Å². The van der Waals surface area contributed by atoms with Crippen molar-refractivity contribution in [2.45, 2.75) is 52.9 Å². The summed E-state index contributed by atoms with van der Waals surface area (Å²) in [4.78, 5) is 38.3. The molecule has 0 radical (unpaired) electrons. The van der Waals surface area contributed by atoms with Crippen molar-refractivity contribution < 1.29 is 18.0 Å². The first-order valence-electron chi connectivity index (χ1n) is 14.5. The van der Waals surface area contributed by atoms with Crippen molar-refractivity contribution in [3.8, 4) is 11.1 Å². The van der Waals surface area contributed by atoms with Crippen molar-refractivity contribution in [2.24, 2.45) is 0 Å². The van der Waals surface area contributed by atoms with E-state index < -0.39 is 18.6 Å². The van der Waals surface area contributed by atoms with E-state index >= 15 is 0 Å². The fraction of sp³-hybridized carbons (Fsp3) is 0.406. The highest BCUT2D eigenvalue weighted by atomic mass is 19.4. The molecule has 8 nitrogen and oxygen atoms in total. The van der Waals surface area contributed by atoms with Crippen LogP contribution in [0, 0.1) is 13.8 Å². The minimum atomic E-state index is -4.44. The number of hydrogen-bond acceptors (Lipinski definition) is 5. The molecule has 1 amide bonds. The molecule has 4 aromatic rings. The zero-order valence-corrected chi connectivity index (χ0v) is 24.9. The molecule has 1 aliphatic rings. The summed E-state index contributed by atoms with van der Waals surface area (Å²) in [5.41, 5.74) is 4.14. The smallest absolute Gasteiger partial charge is 0.354 e. The first-order chi connectivity index (χ1) is 20.4. The lowest BCUT2D eigenvalue weighted by Gasteiger charge is -2.33. The number of nitrogens with one attached hydrogen (secondary N) is 2. The third-order valence-corrected chi connectivity index (χ3v) is 8.09. The molecule has 0 unspecified atom stereocenters. The van der Waals surface area contributed by atoms with Crippen LogP contribution >= 0.6 is 0 Å². The van der Waals surface area contributed by atoms with Gasteiger partial charge in [-0.1, -0.05) is 13.3 Å². The summed E-state index contributed by atoms with van der Waals surface area (Å²) in [6.07, 6.45) is 0.202. The average molecular weight is 595 g/mol. The summed E-state index contributed by atoms with van der Waals surface area (Å²) < 4.78 is 41.7. The van der Waals surface area contributed by atoms with Crippen molar-refractivity contribution in [1.29, 1.82) is 0 Å². The Morgan fingerprint density at radius 1 is 1.09 bits per heavy atom. The predicted molar refractivity (Wildman–Crippen MR) is 163 cm³/mol. The largest absolute Gasteiger partial charge is 0.406 e. The van der Waals surface area contributed by atoms with Crippen LogP contribution in [0.15, 0.2) is 47.5 Å². The van der Waals surface area contributed by atoms with Gasteiger partial charge in [-0.25, -0.2) is 4.98 Å². The van der Waals surface area contributed by atoms with Gasteiger partial charge in [0.2, 0.25) is 0 Å². The highest BCUT2D eigenvalue weighted by Crippen LogP contribution is 2.35. The molecule has 1 aliphatic heterocycles. The monoisotopic (exact) mass is 594 g/mol. The second-order valence-electron chi connectivity index (χ2n) is 11.3. The van der Waals surface area contributed by atoms with E-state index in [0.717, 1.165) is 54.2 Å². The number of aryl methyl sites for hydroxylation is 3. The quantitative estimate of drug-likeness (QED) is 0.293. The molecule has 4 heterocycles. The molecular formula is C32H37F3N6O2. The Labute approximate surface area is 248 Å². The van der Waals surface area contributed by atoms with E-state index in [1.165, 1.54) is 6.20 Å². The van der Waals surface area contributed by atoms with Crippen LogP contribution in [0.4, 0.5) is 19.0 Å². The summed E-state index contributed by atoms with van der Waals surface area (Å²) >= 11 is 0. The van der Waals surface area contributed by atoms with Gasteiger partial charge in [0.05, 0.1) is 5.52 Å². The van der Waals surface area contributed by atoms with E-state index in [1.807, 2.05) is 32.0 Å². The number of benzene rings is 1. The van der Waals surface area contributed by atoms with E-state index in [-0.39, 0.29) is 17.7 Å². The number of pyridine rings is 2.